The van der Waals surface area contributed by atoms with E-state index in [4.69, 9.17) is 23.2 Å². The van der Waals surface area contributed by atoms with Crippen LogP contribution in [0.2, 0.25) is 0 Å². The van der Waals surface area contributed by atoms with Crippen molar-refractivity contribution in [1.82, 2.24) is 0 Å². The van der Waals surface area contributed by atoms with Gasteiger partial charge in [0.25, 0.3) is 0 Å². The summed E-state index contributed by atoms with van der Waals surface area (Å²) in [5, 5.41) is 0. The van der Waals surface area contributed by atoms with Crippen LogP contribution in [0.25, 0.3) is 0 Å². The van der Waals surface area contributed by atoms with Gasteiger partial charge in [0.1, 0.15) is 0 Å². The number of nitrogens with zero attached hydrogens (tertiary/aromatic N) is 1. The Kier molecular flexibility index (Phi) is 4.95. The molecule has 0 aliphatic carbocycles. The summed E-state index contributed by atoms with van der Waals surface area (Å²) in [5.41, 5.74) is 0. The van der Waals surface area contributed by atoms with Gasteiger partial charge in [0, 0.05) is 0 Å². The summed E-state index contributed by atoms with van der Waals surface area (Å²) in [6, 6.07) is 0. The minimum atomic E-state index is -0.519. The van der Waals surface area contributed by atoms with Crippen molar-refractivity contribution in [2.24, 2.45) is 4.01 Å². The van der Waals surface area contributed by atoms with Crippen LogP contribution in [0.4, 0.5) is 0 Å². The van der Waals surface area contributed by atoms with E-state index >= 15 is 0 Å². The number of isocyanates is 1. The Morgan fingerprint density at radius 3 is 2.43 bits per heavy atom. The van der Waals surface area contributed by atoms with E-state index < -0.39 is 3.73 Å². The van der Waals surface area contributed by atoms with Crippen molar-refractivity contribution in [1.29, 1.82) is 0 Å². The Morgan fingerprint density at radius 2 is 2.29 bits per heavy atom. The average molecular weight is 205 g/mol. The second-order valence-corrected chi connectivity index (χ2v) is 4.63. The van der Waals surface area contributed by atoms with Crippen LogP contribution < -0.4 is 0 Å². The van der Waals surface area contributed by atoms with Crippen LogP contribution in [0.15, 0.2) is 4.01 Å². The van der Waals surface area contributed by atoms with E-state index in [1.165, 1.54) is 6.08 Å². The molecule has 5 heteroatoms. The molecule has 0 heterocycles. The van der Waals surface area contributed by atoms with Crippen LogP contribution in [0.1, 0.15) is 0 Å². The molecule has 0 bridgehead atoms. The first-order valence-corrected chi connectivity index (χ1v) is 3.91. The fraction of sp³-hybridized carbons (Fsp3) is 0.500. The second-order valence-electron chi connectivity index (χ2n) is 0.549. The average Bonchev–Trinajstić information content (AvgIpc) is 1.61. The second kappa shape index (κ2) is 4.63. The number of carbonyl (C=O) groups excluding carboxylic acids is 1. The summed E-state index contributed by atoms with van der Waals surface area (Å²) in [7, 11) is 0. The van der Waals surface area contributed by atoms with Crippen molar-refractivity contribution in [3.05, 3.63) is 0 Å². The summed E-state index contributed by atoms with van der Waals surface area (Å²) in [4.78, 5) is 9.32. The van der Waals surface area contributed by atoms with Crippen molar-refractivity contribution in [2.45, 2.75) is 3.73 Å². The molecule has 7 heavy (non-hydrogen) atoms. The number of alkyl halides is 2. The molecule has 0 aromatic rings. The predicted octanol–water partition coefficient (Wildman–Crippen LogP) is 0.703. The van der Waals surface area contributed by atoms with Gasteiger partial charge in [0.15, 0.2) is 0 Å². The van der Waals surface area contributed by atoms with Gasteiger partial charge in [0.05, 0.1) is 0 Å². The number of hydrogen-bond acceptors (Lipinski definition) is 2. The molecular formula is C2HCl2NOSe. The zero-order chi connectivity index (χ0) is 5.70. The molecule has 0 unspecified atom stereocenters. The molecule has 0 spiro atoms. The van der Waals surface area contributed by atoms with Gasteiger partial charge in [-0.05, 0) is 0 Å². The molecule has 0 amide bonds. The summed E-state index contributed by atoms with van der Waals surface area (Å²) in [5.74, 6) is 0. The van der Waals surface area contributed by atoms with E-state index in [1.54, 1.807) is 0 Å². The fourth-order valence-corrected chi connectivity index (χ4v) is 0.733. The van der Waals surface area contributed by atoms with Gasteiger partial charge in [0.2, 0.25) is 0 Å². The summed E-state index contributed by atoms with van der Waals surface area (Å²) in [6.07, 6.45) is 1.33. The molecule has 0 rings (SSSR count). The van der Waals surface area contributed by atoms with Gasteiger partial charge in [-0.25, -0.2) is 0 Å². The molecule has 0 fully saturated rings. The zero-order valence-corrected chi connectivity index (χ0v) is 6.32. The van der Waals surface area contributed by atoms with E-state index in [0.717, 1.165) is 0 Å². The Hall–Kier alpha value is 0.479. The van der Waals surface area contributed by atoms with Gasteiger partial charge in [-0.3, -0.25) is 0 Å². The molecule has 0 radical (unpaired) electrons. The van der Waals surface area contributed by atoms with Gasteiger partial charge >= 0.3 is 57.0 Å². The van der Waals surface area contributed by atoms with Gasteiger partial charge in [-0.15, -0.1) is 0 Å². The van der Waals surface area contributed by atoms with Crippen LogP contribution in [-0.4, -0.2) is 25.0 Å². The summed E-state index contributed by atoms with van der Waals surface area (Å²) < 4.78 is 2.64. The van der Waals surface area contributed by atoms with Crippen LogP contribution >= 0.6 is 23.2 Å². The third-order valence-electron chi connectivity index (χ3n) is 0.170. The van der Waals surface area contributed by atoms with Crippen LogP contribution in [0, 0.1) is 0 Å². The Morgan fingerprint density at radius 1 is 1.71 bits per heavy atom. The molecule has 0 aliphatic heterocycles. The first-order valence-electron chi connectivity index (χ1n) is 1.28. The van der Waals surface area contributed by atoms with E-state index in [1.807, 2.05) is 0 Å². The minimum absolute atomic E-state index is 0.342. The van der Waals surface area contributed by atoms with Crippen LogP contribution in [0.5, 0.6) is 0 Å². The quantitative estimate of drug-likeness (QED) is 0.282. The van der Waals surface area contributed by atoms with Crippen molar-refractivity contribution < 1.29 is 4.79 Å². The van der Waals surface area contributed by atoms with Crippen molar-refractivity contribution in [2.75, 3.05) is 0 Å². The standard InChI is InChI=1S/C2HCl2NOSe/c3-2(4)7-5-1-6/h2H. The SMILES string of the molecule is O=C=N[Se]C(Cl)Cl. The van der Waals surface area contributed by atoms with Crippen molar-refractivity contribution in [3.8, 4) is 0 Å². The van der Waals surface area contributed by atoms with E-state index in [0.29, 0.717) is 0 Å². The van der Waals surface area contributed by atoms with Crippen molar-refractivity contribution in [3.63, 3.8) is 0 Å². The molecule has 40 valence electrons. The maximum absolute atomic E-state index is 9.32. The third kappa shape index (κ3) is 6.48. The number of hydrogen-bond donors (Lipinski definition) is 0. The molecule has 0 saturated carbocycles. The Bertz CT molecular complexity index is 89.7. The molecule has 0 aromatic heterocycles. The van der Waals surface area contributed by atoms with Crippen molar-refractivity contribution >= 4 is 44.5 Å². The molecule has 0 aromatic carbocycles. The predicted molar refractivity (Wildman–Crippen MR) is 29.4 cm³/mol. The first kappa shape index (κ1) is 7.48. The van der Waals surface area contributed by atoms with E-state index in [9.17, 15) is 4.79 Å². The van der Waals surface area contributed by atoms with Gasteiger partial charge in [-0.1, -0.05) is 0 Å². The Labute approximate surface area is 57.3 Å². The zero-order valence-electron chi connectivity index (χ0n) is 3.10. The number of rotatable bonds is 2. The van der Waals surface area contributed by atoms with Gasteiger partial charge in [-0.2, -0.15) is 0 Å². The molecule has 0 atom stereocenters. The normalized spacial score (nSPS) is 8.43. The topological polar surface area (TPSA) is 29.4 Å². The number of halogens is 2. The maximum atomic E-state index is 9.32. The van der Waals surface area contributed by atoms with Crippen LogP contribution in [-0.2, 0) is 4.79 Å². The van der Waals surface area contributed by atoms with E-state index in [-0.39, 0.29) is 15.2 Å². The molecule has 0 saturated heterocycles. The summed E-state index contributed by atoms with van der Waals surface area (Å²) >= 11 is 10.0. The fourth-order valence-electron chi connectivity index (χ4n) is 0.0614. The first-order chi connectivity index (χ1) is 3.27. The monoisotopic (exact) mass is 205 g/mol. The van der Waals surface area contributed by atoms with Crippen LogP contribution in [0.3, 0.4) is 0 Å². The summed E-state index contributed by atoms with van der Waals surface area (Å²) in [6.45, 7) is 0. The molecule has 2 nitrogen and oxygen atoms in total. The third-order valence-corrected chi connectivity index (χ3v) is 1.71. The Balaban J connectivity index is 3.13. The molecular weight excluding hydrogens is 204 g/mol. The molecule has 0 N–H and O–H groups in total. The van der Waals surface area contributed by atoms with E-state index in [2.05, 4.69) is 4.01 Å². The molecule has 0 aliphatic rings. The van der Waals surface area contributed by atoms with Gasteiger partial charge < -0.3 is 0 Å².